The van der Waals surface area contributed by atoms with Crippen molar-refractivity contribution in [2.75, 3.05) is 11.4 Å². The Labute approximate surface area is 178 Å². The van der Waals surface area contributed by atoms with Crippen LogP contribution in [0.4, 0.5) is 5.69 Å². The van der Waals surface area contributed by atoms with Gasteiger partial charge in [0.1, 0.15) is 11.4 Å². The van der Waals surface area contributed by atoms with Gasteiger partial charge in [-0.15, -0.1) is 0 Å². The number of hydrogen-bond donors (Lipinski definition) is 3. The van der Waals surface area contributed by atoms with Gasteiger partial charge in [-0.05, 0) is 41.8 Å². The van der Waals surface area contributed by atoms with Crippen LogP contribution >= 0.6 is 0 Å². The zero-order valence-electron chi connectivity index (χ0n) is 17.1. The summed E-state index contributed by atoms with van der Waals surface area (Å²) in [6, 6.07) is 11.8. The van der Waals surface area contributed by atoms with Crippen molar-refractivity contribution in [3.8, 4) is 28.5 Å². The Morgan fingerprint density at radius 3 is 2.61 bits per heavy atom. The van der Waals surface area contributed by atoms with Crippen molar-refractivity contribution in [1.82, 2.24) is 25.1 Å². The average Bonchev–Trinajstić information content (AvgIpc) is 3.53. The number of H-pyrrole nitrogens is 1. The summed E-state index contributed by atoms with van der Waals surface area (Å²) >= 11 is 0. The third-order valence-corrected chi connectivity index (χ3v) is 6.21. The molecule has 0 radical (unpaired) electrons. The molecule has 31 heavy (non-hydrogen) atoms. The van der Waals surface area contributed by atoms with Gasteiger partial charge < -0.3 is 20.3 Å². The molecule has 4 aromatic rings. The van der Waals surface area contributed by atoms with Crippen LogP contribution in [0.3, 0.4) is 0 Å². The molecule has 1 amide bonds. The van der Waals surface area contributed by atoms with Crippen molar-refractivity contribution in [3.05, 3.63) is 47.5 Å². The highest BCUT2D eigenvalue weighted by Gasteiger charge is 2.24. The molecule has 156 valence electrons. The molecule has 2 aromatic heterocycles. The monoisotopic (exact) mass is 414 g/mol. The summed E-state index contributed by atoms with van der Waals surface area (Å²) in [7, 11) is 1.80. The second-order valence-corrected chi connectivity index (χ2v) is 8.19. The fourth-order valence-corrected chi connectivity index (χ4v) is 4.61. The van der Waals surface area contributed by atoms with E-state index in [0.29, 0.717) is 23.6 Å². The molecule has 1 fully saturated rings. The smallest absolute Gasteiger partial charge is 0.227 e. The van der Waals surface area contributed by atoms with Gasteiger partial charge in [0.2, 0.25) is 5.91 Å². The molecule has 0 aliphatic carbocycles. The molecule has 0 unspecified atom stereocenters. The van der Waals surface area contributed by atoms with Crippen LogP contribution in [0, 0.1) is 0 Å². The van der Waals surface area contributed by atoms with Crippen LogP contribution in [-0.2, 0) is 24.9 Å². The number of anilines is 1. The number of nitrogens with zero attached hydrogens (tertiary/aromatic N) is 4. The number of carbonyl (C=O) groups excluding carboxylic acids is 1. The molecule has 0 saturated carbocycles. The molecule has 3 N–H and O–H groups in total. The van der Waals surface area contributed by atoms with Crippen LogP contribution < -0.4 is 10.2 Å². The minimum atomic E-state index is 0.0840. The average molecular weight is 414 g/mol. The van der Waals surface area contributed by atoms with E-state index in [-0.39, 0.29) is 11.7 Å². The lowest BCUT2D eigenvalue weighted by molar-refractivity contribution is -0.117. The fraction of sp³-hybridized carbons (Fsp3) is 0.261. The van der Waals surface area contributed by atoms with Gasteiger partial charge in [0, 0.05) is 44.4 Å². The van der Waals surface area contributed by atoms with E-state index in [2.05, 4.69) is 27.5 Å². The van der Waals surface area contributed by atoms with Gasteiger partial charge in [0.05, 0.1) is 11.0 Å². The van der Waals surface area contributed by atoms with E-state index in [1.165, 1.54) is 11.1 Å². The molecule has 0 bridgehead atoms. The summed E-state index contributed by atoms with van der Waals surface area (Å²) < 4.78 is 1.65. The number of hydrogen-bond acceptors (Lipinski definition) is 5. The van der Waals surface area contributed by atoms with E-state index in [4.69, 9.17) is 4.98 Å². The van der Waals surface area contributed by atoms with Gasteiger partial charge >= 0.3 is 0 Å². The van der Waals surface area contributed by atoms with Crippen molar-refractivity contribution >= 4 is 22.6 Å². The molecule has 8 heteroatoms. The Balaban J connectivity index is 1.37. The maximum Gasteiger partial charge on any atom is 0.227 e. The number of nitrogens with one attached hydrogen (secondary N) is 2. The number of imidazole rings is 1. The standard InChI is InChI=1S/C23H22N6O2/c1-28-21(23-25-17-9-14-11-24-12-15(14)10-18(17)26-23)22(31)20(27-28)13-4-6-16(7-5-13)29-8-2-3-19(29)30/h4-7,9-10,24,31H,2-3,8,11-12H2,1H3,(H,25,26). The van der Waals surface area contributed by atoms with Crippen molar-refractivity contribution in [2.24, 2.45) is 7.05 Å². The second-order valence-electron chi connectivity index (χ2n) is 8.19. The van der Waals surface area contributed by atoms with Gasteiger partial charge in [0.25, 0.3) is 0 Å². The molecule has 2 aliphatic rings. The number of aromatic nitrogens is 4. The van der Waals surface area contributed by atoms with Crippen LogP contribution in [0.25, 0.3) is 33.8 Å². The highest BCUT2D eigenvalue weighted by Crippen LogP contribution is 2.38. The lowest BCUT2D eigenvalue weighted by Crippen LogP contribution is -2.23. The third-order valence-electron chi connectivity index (χ3n) is 6.21. The molecular weight excluding hydrogens is 392 g/mol. The fourth-order valence-electron chi connectivity index (χ4n) is 4.61. The lowest BCUT2D eigenvalue weighted by atomic mass is 10.1. The summed E-state index contributed by atoms with van der Waals surface area (Å²) in [4.78, 5) is 21.8. The quantitative estimate of drug-likeness (QED) is 0.479. The number of carbonyl (C=O) groups is 1. The van der Waals surface area contributed by atoms with Crippen LogP contribution in [0.2, 0.25) is 0 Å². The summed E-state index contributed by atoms with van der Waals surface area (Å²) in [5.41, 5.74) is 7.05. The molecule has 4 heterocycles. The molecule has 0 spiro atoms. The molecule has 1 saturated heterocycles. The first-order valence-electron chi connectivity index (χ1n) is 10.5. The van der Waals surface area contributed by atoms with Gasteiger partial charge in [-0.25, -0.2) is 4.98 Å². The van der Waals surface area contributed by atoms with Crippen molar-refractivity contribution in [1.29, 1.82) is 0 Å². The number of rotatable bonds is 3. The van der Waals surface area contributed by atoms with E-state index < -0.39 is 0 Å². The zero-order chi connectivity index (χ0) is 21.1. The number of aromatic hydroxyl groups is 1. The Kier molecular flexibility index (Phi) is 3.91. The van der Waals surface area contributed by atoms with Gasteiger partial charge in [-0.2, -0.15) is 5.10 Å². The zero-order valence-corrected chi connectivity index (χ0v) is 17.1. The van der Waals surface area contributed by atoms with Gasteiger partial charge in [-0.1, -0.05) is 12.1 Å². The number of fused-ring (bicyclic) bond motifs is 2. The van der Waals surface area contributed by atoms with E-state index >= 15 is 0 Å². The largest absolute Gasteiger partial charge is 0.504 e. The molecule has 6 rings (SSSR count). The van der Waals surface area contributed by atoms with Gasteiger partial charge in [-0.3, -0.25) is 9.48 Å². The van der Waals surface area contributed by atoms with E-state index in [0.717, 1.165) is 48.3 Å². The van der Waals surface area contributed by atoms with Crippen LogP contribution in [0.15, 0.2) is 36.4 Å². The molecule has 2 aromatic carbocycles. The molecule has 2 aliphatic heterocycles. The second kappa shape index (κ2) is 6.68. The van der Waals surface area contributed by atoms with Crippen molar-refractivity contribution in [2.45, 2.75) is 25.9 Å². The topological polar surface area (TPSA) is 99.1 Å². The Hall–Kier alpha value is -3.65. The summed E-state index contributed by atoms with van der Waals surface area (Å²) in [5.74, 6) is 0.827. The molecule has 8 nitrogen and oxygen atoms in total. The summed E-state index contributed by atoms with van der Waals surface area (Å²) in [5, 5.41) is 18.9. The number of aryl methyl sites for hydroxylation is 1. The maximum absolute atomic E-state index is 12.0. The van der Waals surface area contributed by atoms with E-state index in [9.17, 15) is 9.90 Å². The SMILES string of the molecule is Cn1nc(-c2ccc(N3CCCC3=O)cc2)c(O)c1-c1nc2cc3c(cc2[nH]1)CNC3. The van der Waals surface area contributed by atoms with Crippen molar-refractivity contribution < 1.29 is 9.90 Å². The minimum Gasteiger partial charge on any atom is -0.504 e. The normalized spacial score (nSPS) is 15.9. The maximum atomic E-state index is 12.0. The van der Waals surface area contributed by atoms with Crippen LogP contribution in [0.5, 0.6) is 5.75 Å². The summed E-state index contributed by atoms with van der Waals surface area (Å²) in [6.45, 7) is 2.47. The van der Waals surface area contributed by atoms with Crippen LogP contribution in [0.1, 0.15) is 24.0 Å². The molecule has 0 atom stereocenters. The third kappa shape index (κ3) is 2.83. The Bertz CT molecular complexity index is 1290. The first-order valence-corrected chi connectivity index (χ1v) is 10.5. The highest BCUT2D eigenvalue weighted by molar-refractivity contribution is 5.95. The molecular formula is C23H22N6O2. The van der Waals surface area contributed by atoms with Gasteiger partial charge in [0.15, 0.2) is 11.6 Å². The van der Waals surface area contributed by atoms with E-state index in [1.807, 2.05) is 24.3 Å². The number of amides is 1. The lowest BCUT2D eigenvalue weighted by Gasteiger charge is -2.15. The predicted molar refractivity (Wildman–Crippen MR) is 118 cm³/mol. The number of benzene rings is 2. The summed E-state index contributed by atoms with van der Waals surface area (Å²) in [6.07, 6.45) is 1.49. The first-order chi connectivity index (χ1) is 15.1. The van der Waals surface area contributed by atoms with Crippen molar-refractivity contribution in [3.63, 3.8) is 0 Å². The predicted octanol–water partition coefficient (Wildman–Crippen LogP) is 3.07. The highest BCUT2D eigenvalue weighted by atomic mass is 16.3. The van der Waals surface area contributed by atoms with Crippen LogP contribution in [-0.4, -0.2) is 37.3 Å². The minimum absolute atomic E-state index is 0.0840. The van der Waals surface area contributed by atoms with E-state index in [1.54, 1.807) is 16.6 Å². The Morgan fingerprint density at radius 2 is 1.87 bits per heavy atom. The number of aromatic amines is 1. The first kappa shape index (κ1) is 18.1. The Morgan fingerprint density at radius 1 is 1.10 bits per heavy atom.